The van der Waals surface area contributed by atoms with Crippen LogP contribution in [0.4, 0.5) is 0 Å². The van der Waals surface area contributed by atoms with Crippen LogP contribution in [0.15, 0.2) is 36.5 Å². The van der Waals surface area contributed by atoms with Gasteiger partial charge in [0, 0.05) is 13.0 Å². The molecule has 0 saturated heterocycles. The van der Waals surface area contributed by atoms with E-state index in [2.05, 4.69) is 50.3 Å². The Bertz CT molecular complexity index is 1050. The third kappa shape index (κ3) is 48.0. The van der Waals surface area contributed by atoms with Crippen molar-refractivity contribution in [1.29, 1.82) is 0 Å². The molecule has 3 atom stereocenters. The highest BCUT2D eigenvalue weighted by atomic mass is 31.2. The highest BCUT2D eigenvalue weighted by molar-refractivity contribution is 7.47. The predicted molar refractivity (Wildman–Crippen MR) is 256 cm³/mol. The first kappa shape index (κ1) is 59.7. The first-order valence-corrected chi connectivity index (χ1v) is 27.0. The number of aliphatic hydroxyl groups is 2. The molecule has 0 aromatic heterocycles. The van der Waals surface area contributed by atoms with Crippen molar-refractivity contribution in [2.24, 2.45) is 0 Å². The number of aliphatic hydroxyl groups excluding tert-OH is 2. The summed E-state index contributed by atoms with van der Waals surface area (Å²) in [7, 11) is -4.52. The van der Waals surface area contributed by atoms with Gasteiger partial charge in [-0.2, -0.15) is 0 Å². The standard InChI is InChI=1S/C51H97O9P/c1-3-5-7-9-11-13-15-17-19-21-22-23-24-25-26-27-29-31-33-35-37-39-41-43-51(54)60-50(48-59-61(55,56)58-46-49(53)45-52)47-57-44-42-40-38-36-34-32-30-28-20-18-16-14-12-10-8-6-4-2/h14,16,20-22,28,49-50,52-53H,3-13,15,17-19,23-27,29-48H2,1-2H3,(H,55,56)/b16-14-,22-21-,28-20-. The van der Waals surface area contributed by atoms with Gasteiger partial charge in [-0.3, -0.25) is 13.8 Å². The van der Waals surface area contributed by atoms with Gasteiger partial charge in [-0.05, 0) is 70.6 Å². The van der Waals surface area contributed by atoms with E-state index >= 15 is 0 Å². The molecule has 0 fully saturated rings. The number of unbranched alkanes of at least 4 members (excludes halogenated alkanes) is 29. The van der Waals surface area contributed by atoms with Crippen LogP contribution in [0.1, 0.15) is 239 Å². The minimum Gasteiger partial charge on any atom is -0.457 e. The molecule has 3 unspecified atom stereocenters. The molecule has 0 amide bonds. The molecule has 0 spiro atoms. The Hall–Kier alpha value is -1.32. The Morgan fingerprint density at radius 3 is 1.34 bits per heavy atom. The summed E-state index contributed by atoms with van der Waals surface area (Å²) in [6.07, 6.45) is 53.9. The highest BCUT2D eigenvalue weighted by Gasteiger charge is 2.26. The Kier molecular flexibility index (Phi) is 47.1. The molecule has 0 saturated carbocycles. The maximum atomic E-state index is 12.7. The van der Waals surface area contributed by atoms with Crippen molar-refractivity contribution >= 4 is 13.8 Å². The van der Waals surface area contributed by atoms with Crippen LogP contribution in [0.5, 0.6) is 0 Å². The molecule has 360 valence electrons. The van der Waals surface area contributed by atoms with Gasteiger partial charge in [0.1, 0.15) is 12.2 Å². The van der Waals surface area contributed by atoms with Gasteiger partial charge in [0.25, 0.3) is 0 Å². The van der Waals surface area contributed by atoms with Crippen molar-refractivity contribution in [2.45, 2.75) is 251 Å². The minimum atomic E-state index is -4.52. The second kappa shape index (κ2) is 48.1. The van der Waals surface area contributed by atoms with Crippen LogP contribution in [-0.2, 0) is 27.9 Å². The van der Waals surface area contributed by atoms with Crippen molar-refractivity contribution in [3.05, 3.63) is 36.5 Å². The zero-order valence-corrected chi connectivity index (χ0v) is 40.5. The van der Waals surface area contributed by atoms with Gasteiger partial charge in [-0.1, -0.05) is 198 Å². The normalized spacial score (nSPS) is 14.1. The largest absolute Gasteiger partial charge is 0.472 e. The van der Waals surface area contributed by atoms with Gasteiger partial charge in [0.15, 0.2) is 0 Å². The lowest BCUT2D eigenvalue weighted by Crippen LogP contribution is -2.29. The Morgan fingerprint density at radius 1 is 0.508 bits per heavy atom. The van der Waals surface area contributed by atoms with E-state index in [1.165, 1.54) is 167 Å². The van der Waals surface area contributed by atoms with Crippen LogP contribution < -0.4 is 0 Å². The van der Waals surface area contributed by atoms with Gasteiger partial charge in [-0.25, -0.2) is 4.57 Å². The van der Waals surface area contributed by atoms with Gasteiger partial charge in [0.05, 0.1) is 26.4 Å². The van der Waals surface area contributed by atoms with Crippen molar-refractivity contribution in [3.63, 3.8) is 0 Å². The third-order valence-electron chi connectivity index (χ3n) is 11.0. The maximum absolute atomic E-state index is 12.7. The molecule has 0 aliphatic carbocycles. The first-order chi connectivity index (χ1) is 29.8. The lowest BCUT2D eigenvalue weighted by molar-refractivity contribution is -0.154. The maximum Gasteiger partial charge on any atom is 0.472 e. The average molecular weight is 885 g/mol. The fraction of sp³-hybridized carbons (Fsp3) is 0.863. The topological polar surface area (TPSA) is 132 Å². The molecule has 0 aromatic carbocycles. The van der Waals surface area contributed by atoms with E-state index in [-0.39, 0.29) is 25.6 Å². The van der Waals surface area contributed by atoms with Crippen LogP contribution in [0, 0.1) is 0 Å². The summed E-state index contributed by atoms with van der Waals surface area (Å²) in [6, 6.07) is 0. The summed E-state index contributed by atoms with van der Waals surface area (Å²) < 4.78 is 33.5. The SMILES string of the molecule is CCCCCC/C=C\C/C=C\CCCCCCCCOCC(COP(=O)(O)OCC(O)CO)OC(=O)CCCCCCCCCCCCC/C=C\CCCCCCCCCC. The van der Waals surface area contributed by atoms with E-state index in [0.29, 0.717) is 6.61 Å². The van der Waals surface area contributed by atoms with Crippen molar-refractivity contribution < 1.29 is 43.0 Å². The molecule has 0 rings (SSSR count). The van der Waals surface area contributed by atoms with Gasteiger partial charge >= 0.3 is 13.8 Å². The van der Waals surface area contributed by atoms with Gasteiger partial charge < -0.3 is 24.6 Å². The van der Waals surface area contributed by atoms with Crippen LogP contribution >= 0.6 is 7.82 Å². The zero-order valence-electron chi connectivity index (χ0n) is 39.6. The first-order valence-electron chi connectivity index (χ1n) is 25.5. The monoisotopic (exact) mass is 885 g/mol. The number of phosphoric acid groups is 1. The van der Waals surface area contributed by atoms with E-state index in [1.807, 2.05) is 0 Å². The molecule has 0 aromatic rings. The van der Waals surface area contributed by atoms with Crippen molar-refractivity contribution in [1.82, 2.24) is 0 Å². The summed E-state index contributed by atoms with van der Waals surface area (Å²) in [6.45, 7) is 3.51. The number of ether oxygens (including phenoxy) is 2. The highest BCUT2D eigenvalue weighted by Crippen LogP contribution is 2.43. The lowest BCUT2D eigenvalue weighted by atomic mass is 10.0. The smallest absolute Gasteiger partial charge is 0.457 e. The number of carbonyl (C=O) groups is 1. The van der Waals surface area contributed by atoms with E-state index in [9.17, 15) is 19.4 Å². The second-order valence-corrected chi connectivity index (χ2v) is 18.6. The molecule has 10 heteroatoms. The molecular formula is C51H97O9P. The minimum absolute atomic E-state index is 0.0435. The number of carbonyl (C=O) groups excluding carboxylic acids is 1. The summed E-state index contributed by atoms with van der Waals surface area (Å²) in [5.41, 5.74) is 0. The van der Waals surface area contributed by atoms with Gasteiger partial charge in [-0.15, -0.1) is 0 Å². The number of allylic oxidation sites excluding steroid dienone is 6. The Balaban J connectivity index is 4.07. The average Bonchev–Trinajstić information content (AvgIpc) is 3.25. The Morgan fingerprint density at radius 2 is 0.885 bits per heavy atom. The predicted octanol–water partition coefficient (Wildman–Crippen LogP) is 14.8. The van der Waals surface area contributed by atoms with Crippen LogP contribution in [0.3, 0.4) is 0 Å². The second-order valence-electron chi connectivity index (χ2n) is 17.2. The number of hydrogen-bond donors (Lipinski definition) is 3. The fourth-order valence-corrected chi connectivity index (χ4v) is 7.94. The van der Waals surface area contributed by atoms with E-state index in [1.54, 1.807) is 0 Å². The van der Waals surface area contributed by atoms with E-state index in [4.69, 9.17) is 23.6 Å². The molecule has 61 heavy (non-hydrogen) atoms. The quantitative estimate of drug-likeness (QED) is 0.0236. The summed E-state index contributed by atoms with van der Waals surface area (Å²) in [4.78, 5) is 22.7. The van der Waals surface area contributed by atoms with Crippen molar-refractivity contribution in [2.75, 3.05) is 33.0 Å². The van der Waals surface area contributed by atoms with Gasteiger partial charge in [0.2, 0.25) is 0 Å². The third-order valence-corrected chi connectivity index (χ3v) is 12.0. The van der Waals surface area contributed by atoms with Crippen LogP contribution in [0.25, 0.3) is 0 Å². The molecule has 0 heterocycles. The number of rotatable bonds is 49. The summed E-state index contributed by atoms with van der Waals surface area (Å²) >= 11 is 0. The molecular weight excluding hydrogens is 788 g/mol. The van der Waals surface area contributed by atoms with E-state index < -0.39 is 33.2 Å². The van der Waals surface area contributed by atoms with Crippen molar-refractivity contribution in [3.8, 4) is 0 Å². The Labute approximate surface area is 375 Å². The fourth-order valence-electron chi connectivity index (χ4n) is 7.15. The molecule has 0 aliphatic rings. The zero-order chi connectivity index (χ0) is 44.6. The van der Waals surface area contributed by atoms with Crippen LogP contribution in [0.2, 0.25) is 0 Å². The molecule has 0 bridgehead atoms. The summed E-state index contributed by atoms with van der Waals surface area (Å²) in [5, 5.41) is 18.4. The molecule has 0 radical (unpaired) electrons. The number of hydrogen-bond acceptors (Lipinski definition) is 8. The number of esters is 1. The van der Waals surface area contributed by atoms with Crippen LogP contribution in [-0.4, -0.2) is 66.3 Å². The molecule has 3 N–H and O–H groups in total. The number of phosphoric ester groups is 1. The summed E-state index contributed by atoms with van der Waals surface area (Å²) in [5.74, 6) is -0.385. The molecule has 0 aliphatic heterocycles. The lowest BCUT2D eigenvalue weighted by Gasteiger charge is -2.20. The van der Waals surface area contributed by atoms with E-state index in [0.717, 1.165) is 51.4 Å². The molecule has 9 nitrogen and oxygen atoms in total.